The second-order valence-electron chi connectivity index (χ2n) is 1.59. The number of nitrogens with one attached hydrogen (secondary N) is 1. The highest BCUT2D eigenvalue weighted by Gasteiger charge is 2.00. The van der Waals surface area contributed by atoms with E-state index in [1.165, 1.54) is 11.9 Å². The van der Waals surface area contributed by atoms with Gasteiger partial charge in [0.1, 0.15) is 5.03 Å². The topological polar surface area (TPSA) is 62.8 Å². The van der Waals surface area contributed by atoms with Gasteiger partial charge in [-0.3, -0.25) is 9.71 Å². The molecule has 0 aromatic heterocycles. The fourth-order valence-corrected chi connectivity index (χ4v) is 0.874. The number of nitrogens with zero attached hydrogens (tertiary/aromatic N) is 2. The number of hydrogen-bond donors (Lipinski definition) is 2. The number of aliphatic imine (C=N–C) groups is 2. The molecule has 0 spiro atoms. The predicted octanol–water partition coefficient (Wildman–Crippen LogP) is 0.0835. The van der Waals surface area contributed by atoms with Crippen molar-refractivity contribution in [1.29, 1.82) is 0 Å². The van der Waals surface area contributed by atoms with Crippen molar-refractivity contribution in [3.63, 3.8) is 0 Å². The van der Waals surface area contributed by atoms with Crippen LogP contribution >= 0.6 is 11.9 Å². The molecule has 0 aromatic rings. The maximum atomic E-state index is 5.35. The van der Waals surface area contributed by atoms with Gasteiger partial charge in [-0.15, -0.1) is 0 Å². The number of hydrogen-bond acceptors (Lipinski definition) is 3. The molecule has 54 valence electrons. The van der Waals surface area contributed by atoms with Crippen LogP contribution in [0.4, 0.5) is 0 Å². The monoisotopic (exact) mass is 156 g/mol. The molecule has 0 radical (unpaired) electrons. The zero-order chi connectivity index (χ0) is 7.40. The summed E-state index contributed by atoms with van der Waals surface area (Å²) in [6.45, 7) is 2.66. The Morgan fingerprint density at radius 1 is 1.90 bits per heavy atom. The zero-order valence-corrected chi connectivity index (χ0v) is 6.40. The molecule has 0 atom stereocenters. The third-order valence-electron chi connectivity index (χ3n) is 0.832. The van der Waals surface area contributed by atoms with Crippen molar-refractivity contribution in [1.82, 2.24) is 4.72 Å². The second-order valence-corrected chi connectivity index (χ2v) is 2.44. The van der Waals surface area contributed by atoms with Crippen LogP contribution in [0.15, 0.2) is 15.0 Å². The van der Waals surface area contributed by atoms with E-state index in [0.29, 0.717) is 17.5 Å². The molecule has 4 nitrogen and oxygen atoms in total. The highest BCUT2D eigenvalue weighted by atomic mass is 32.2. The average Bonchev–Trinajstić information content (AvgIpc) is 1.95. The molecule has 0 aromatic carbocycles. The van der Waals surface area contributed by atoms with Gasteiger partial charge < -0.3 is 5.73 Å². The fourth-order valence-electron chi connectivity index (χ4n) is 0.472. The van der Waals surface area contributed by atoms with Crippen LogP contribution in [0.25, 0.3) is 0 Å². The van der Waals surface area contributed by atoms with Crippen molar-refractivity contribution in [2.24, 2.45) is 15.7 Å². The van der Waals surface area contributed by atoms with Gasteiger partial charge in [0.05, 0.1) is 0 Å². The molecule has 1 aliphatic heterocycles. The maximum Gasteiger partial charge on any atom is 0.236 e. The Labute approximate surface area is 63.4 Å². The first-order chi connectivity index (χ1) is 4.83. The summed E-state index contributed by atoms with van der Waals surface area (Å²) in [6.07, 6.45) is 0. The van der Waals surface area contributed by atoms with Gasteiger partial charge in [-0.1, -0.05) is 0 Å². The van der Waals surface area contributed by atoms with Crippen LogP contribution in [0.3, 0.4) is 0 Å². The van der Waals surface area contributed by atoms with E-state index in [9.17, 15) is 0 Å². The largest absolute Gasteiger partial charge is 0.384 e. The summed E-state index contributed by atoms with van der Waals surface area (Å²) < 4.78 is 2.85. The number of rotatable bonds is 1. The van der Waals surface area contributed by atoms with E-state index in [1.54, 1.807) is 0 Å². The number of guanidine groups is 1. The SMILES string of the molecule is CCN=C1N=C=C(N)SN1. The molecule has 0 bridgehead atoms. The smallest absolute Gasteiger partial charge is 0.236 e. The molecule has 0 fully saturated rings. The highest BCUT2D eigenvalue weighted by molar-refractivity contribution is 8.02. The minimum Gasteiger partial charge on any atom is -0.384 e. The summed E-state index contributed by atoms with van der Waals surface area (Å²) >= 11 is 1.27. The summed E-state index contributed by atoms with van der Waals surface area (Å²) in [5.74, 6) is 3.19. The fraction of sp³-hybridized carbons (Fsp3) is 0.400. The summed E-state index contributed by atoms with van der Waals surface area (Å²) in [4.78, 5) is 7.81. The molecule has 0 amide bonds. The first-order valence-electron chi connectivity index (χ1n) is 2.89. The Balaban J connectivity index is 2.71. The molecule has 0 saturated heterocycles. The summed E-state index contributed by atoms with van der Waals surface area (Å²) in [5, 5.41) is 0.537. The van der Waals surface area contributed by atoms with Gasteiger partial charge >= 0.3 is 0 Å². The molecule has 10 heavy (non-hydrogen) atoms. The Bertz CT molecular complexity index is 214. The van der Waals surface area contributed by atoms with Crippen LogP contribution in [-0.2, 0) is 0 Å². The minimum atomic E-state index is 0.537. The van der Waals surface area contributed by atoms with E-state index in [1.807, 2.05) is 6.92 Å². The Hall–Kier alpha value is -0.930. The number of nitrogens with two attached hydrogens (primary N) is 1. The van der Waals surface area contributed by atoms with Crippen molar-refractivity contribution < 1.29 is 0 Å². The van der Waals surface area contributed by atoms with E-state index in [4.69, 9.17) is 5.73 Å². The lowest BCUT2D eigenvalue weighted by Crippen LogP contribution is -2.19. The summed E-state index contributed by atoms with van der Waals surface area (Å²) in [6, 6.07) is 0. The molecule has 1 aliphatic rings. The molecular formula is C5H8N4S. The van der Waals surface area contributed by atoms with Crippen LogP contribution < -0.4 is 10.5 Å². The standard InChI is InChI=1S/C5H8N4S/c1-2-7-5-8-3-4(6)10-9-5/h2,6H2,1H3,(H,7,9). The molecular weight excluding hydrogens is 148 g/mol. The Morgan fingerprint density at radius 2 is 2.70 bits per heavy atom. The van der Waals surface area contributed by atoms with Gasteiger partial charge in [0.15, 0.2) is 0 Å². The van der Waals surface area contributed by atoms with Crippen molar-refractivity contribution >= 4 is 23.8 Å². The summed E-state index contributed by atoms with van der Waals surface area (Å²) in [5.41, 5.74) is 5.35. The minimum absolute atomic E-state index is 0.537. The molecule has 1 rings (SSSR count). The van der Waals surface area contributed by atoms with Gasteiger partial charge in [0.25, 0.3) is 0 Å². The molecule has 0 saturated carbocycles. The Kier molecular flexibility index (Phi) is 2.36. The first kappa shape index (κ1) is 7.18. The van der Waals surface area contributed by atoms with Crippen LogP contribution in [0.2, 0.25) is 0 Å². The molecule has 3 N–H and O–H groups in total. The average molecular weight is 156 g/mol. The predicted molar refractivity (Wildman–Crippen MR) is 43.8 cm³/mol. The highest BCUT2D eigenvalue weighted by Crippen LogP contribution is 2.03. The van der Waals surface area contributed by atoms with Crippen molar-refractivity contribution in [3.8, 4) is 0 Å². The quantitative estimate of drug-likeness (QED) is 0.529. The third-order valence-corrected chi connectivity index (χ3v) is 1.43. The first-order valence-corrected chi connectivity index (χ1v) is 3.71. The lowest BCUT2D eigenvalue weighted by molar-refractivity contribution is 1.10. The van der Waals surface area contributed by atoms with Crippen molar-refractivity contribution in [2.75, 3.05) is 6.54 Å². The lowest BCUT2D eigenvalue weighted by Gasteiger charge is -2.04. The van der Waals surface area contributed by atoms with E-state index in [0.717, 1.165) is 0 Å². The van der Waals surface area contributed by atoms with Gasteiger partial charge in [-0.25, -0.2) is 0 Å². The van der Waals surface area contributed by atoms with Crippen molar-refractivity contribution in [3.05, 3.63) is 5.03 Å². The maximum absolute atomic E-state index is 5.35. The van der Waals surface area contributed by atoms with E-state index in [2.05, 4.69) is 20.6 Å². The van der Waals surface area contributed by atoms with E-state index < -0.39 is 0 Å². The van der Waals surface area contributed by atoms with Crippen molar-refractivity contribution in [2.45, 2.75) is 6.92 Å². The van der Waals surface area contributed by atoms with Gasteiger partial charge in [0, 0.05) is 24.4 Å². The van der Waals surface area contributed by atoms with Gasteiger partial charge in [-0.2, -0.15) is 4.99 Å². The van der Waals surface area contributed by atoms with E-state index in [-0.39, 0.29) is 0 Å². The molecule has 5 heteroatoms. The zero-order valence-electron chi connectivity index (χ0n) is 5.59. The Morgan fingerprint density at radius 3 is 3.20 bits per heavy atom. The van der Waals surface area contributed by atoms with Crippen LogP contribution in [0.5, 0.6) is 0 Å². The molecule has 1 heterocycles. The van der Waals surface area contributed by atoms with E-state index >= 15 is 0 Å². The van der Waals surface area contributed by atoms with Gasteiger partial charge in [-0.05, 0) is 6.92 Å². The normalized spacial score (nSPS) is 20.5. The molecule has 0 aliphatic carbocycles. The summed E-state index contributed by atoms with van der Waals surface area (Å²) in [7, 11) is 0. The second kappa shape index (κ2) is 3.29. The van der Waals surface area contributed by atoms with Crippen LogP contribution in [-0.4, -0.2) is 18.4 Å². The molecule has 0 unspecified atom stereocenters. The third kappa shape index (κ3) is 1.79. The van der Waals surface area contributed by atoms with Crippen LogP contribution in [0, 0.1) is 0 Å². The van der Waals surface area contributed by atoms with Crippen LogP contribution in [0.1, 0.15) is 6.92 Å². The van der Waals surface area contributed by atoms with Gasteiger partial charge in [0.2, 0.25) is 5.96 Å². The lowest BCUT2D eigenvalue weighted by atomic mass is 10.8.